The molecular formula is C19H26N2. The van der Waals surface area contributed by atoms with Gasteiger partial charge >= 0.3 is 0 Å². The van der Waals surface area contributed by atoms with Gasteiger partial charge in [0.2, 0.25) is 0 Å². The summed E-state index contributed by atoms with van der Waals surface area (Å²) in [5, 5.41) is 3.19. The molecule has 0 atom stereocenters. The van der Waals surface area contributed by atoms with Crippen molar-refractivity contribution in [2.75, 3.05) is 27.2 Å². The van der Waals surface area contributed by atoms with E-state index in [9.17, 15) is 0 Å². The molecule has 0 heterocycles. The second kappa shape index (κ2) is 8.60. The SMILES string of the molecule is CNCCCN(C)Cc1ccc(Cc2ccccc2)cc1. The van der Waals surface area contributed by atoms with Crippen LogP contribution in [-0.2, 0) is 13.0 Å². The Balaban J connectivity index is 1.84. The van der Waals surface area contributed by atoms with Crippen LogP contribution in [0, 0.1) is 0 Å². The van der Waals surface area contributed by atoms with Crippen LogP contribution >= 0.6 is 0 Å². The van der Waals surface area contributed by atoms with E-state index in [2.05, 4.69) is 71.9 Å². The van der Waals surface area contributed by atoms with Crippen LogP contribution in [0.2, 0.25) is 0 Å². The highest BCUT2D eigenvalue weighted by molar-refractivity contribution is 5.28. The highest BCUT2D eigenvalue weighted by Crippen LogP contribution is 2.11. The van der Waals surface area contributed by atoms with Gasteiger partial charge in [0, 0.05) is 6.54 Å². The molecule has 0 aliphatic rings. The van der Waals surface area contributed by atoms with Gasteiger partial charge in [-0.25, -0.2) is 0 Å². The van der Waals surface area contributed by atoms with Crippen LogP contribution in [0.15, 0.2) is 54.6 Å². The standard InChI is InChI=1S/C19H26N2/c1-20-13-6-14-21(2)16-19-11-9-18(10-12-19)15-17-7-4-3-5-8-17/h3-5,7-12,20H,6,13-16H2,1-2H3. The molecule has 2 aromatic carbocycles. The molecule has 0 aromatic heterocycles. The van der Waals surface area contributed by atoms with E-state index in [0.717, 1.165) is 26.1 Å². The Morgan fingerprint density at radius 1 is 0.857 bits per heavy atom. The Hall–Kier alpha value is -1.64. The molecule has 0 spiro atoms. The Bertz CT molecular complexity index is 505. The van der Waals surface area contributed by atoms with Crippen molar-refractivity contribution in [2.45, 2.75) is 19.4 Å². The lowest BCUT2D eigenvalue weighted by molar-refractivity contribution is 0.321. The fraction of sp³-hybridized carbons (Fsp3) is 0.368. The van der Waals surface area contributed by atoms with E-state index in [0.29, 0.717) is 0 Å². The molecule has 2 aromatic rings. The van der Waals surface area contributed by atoms with Crippen molar-refractivity contribution in [1.82, 2.24) is 10.2 Å². The molecule has 0 aliphatic heterocycles. The lowest BCUT2D eigenvalue weighted by atomic mass is 10.0. The average molecular weight is 282 g/mol. The fourth-order valence-corrected chi connectivity index (χ4v) is 2.51. The average Bonchev–Trinajstić information content (AvgIpc) is 2.51. The molecule has 0 radical (unpaired) electrons. The van der Waals surface area contributed by atoms with Crippen LogP contribution in [0.4, 0.5) is 0 Å². The number of hydrogen-bond donors (Lipinski definition) is 1. The molecule has 2 rings (SSSR count). The van der Waals surface area contributed by atoms with Crippen molar-refractivity contribution in [1.29, 1.82) is 0 Å². The Kier molecular flexibility index (Phi) is 6.45. The topological polar surface area (TPSA) is 15.3 Å². The molecule has 0 fully saturated rings. The summed E-state index contributed by atoms with van der Waals surface area (Å²) >= 11 is 0. The molecular weight excluding hydrogens is 256 g/mol. The summed E-state index contributed by atoms with van der Waals surface area (Å²) in [7, 11) is 4.19. The summed E-state index contributed by atoms with van der Waals surface area (Å²) in [6.07, 6.45) is 2.21. The molecule has 2 heteroatoms. The third kappa shape index (κ3) is 5.70. The monoisotopic (exact) mass is 282 g/mol. The summed E-state index contributed by atoms with van der Waals surface area (Å²) in [4.78, 5) is 2.38. The Labute approximate surface area is 128 Å². The molecule has 1 N–H and O–H groups in total. The minimum atomic E-state index is 1.01. The van der Waals surface area contributed by atoms with Gasteiger partial charge in [-0.1, -0.05) is 54.6 Å². The van der Waals surface area contributed by atoms with E-state index in [1.165, 1.54) is 23.1 Å². The van der Waals surface area contributed by atoms with Crippen LogP contribution in [0.1, 0.15) is 23.1 Å². The largest absolute Gasteiger partial charge is 0.320 e. The third-order valence-electron chi connectivity index (χ3n) is 3.69. The van der Waals surface area contributed by atoms with E-state index < -0.39 is 0 Å². The number of nitrogens with zero attached hydrogens (tertiary/aromatic N) is 1. The first-order valence-electron chi connectivity index (χ1n) is 7.73. The highest BCUT2D eigenvalue weighted by atomic mass is 15.1. The van der Waals surface area contributed by atoms with Gasteiger partial charge in [0.1, 0.15) is 0 Å². The van der Waals surface area contributed by atoms with Gasteiger partial charge in [0.25, 0.3) is 0 Å². The molecule has 0 amide bonds. The van der Waals surface area contributed by atoms with Gasteiger partial charge in [0.15, 0.2) is 0 Å². The zero-order valence-electron chi connectivity index (χ0n) is 13.2. The van der Waals surface area contributed by atoms with Crippen LogP contribution in [0.5, 0.6) is 0 Å². The van der Waals surface area contributed by atoms with Crippen molar-refractivity contribution in [3.05, 3.63) is 71.3 Å². The Morgan fingerprint density at radius 2 is 1.48 bits per heavy atom. The highest BCUT2D eigenvalue weighted by Gasteiger charge is 2.01. The summed E-state index contributed by atoms with van der Waals surface area (Å²) in [5.74, 6) is 0. The smallest absolute Gasteiger partial charge is 0.0230 e. The van der Waals surface area contributed by atoms with Crippen molar-refractivity contribution in [3.63, 3.8) is 0 Å². The van der Waals surface area contributed by atoms with E-state index in [4.69, 9.17) is 0 Å². The lowest BCUT2D eigenvalue weighted by Crippen LogP contribution is -2.22. The van der Waals surface area contributed by atoms with E-state index in [1.54, 1.807) is 0 Å². The van der Waals surface area contributed by atoms with E-state index in [1.807, 2.05) is 7.05 Å². The minimum absolute atomic E-state index is 1.01. The molecule has 0 bridgehead atoms. The van der Waals surface area contributed by atoms with Gasteiger partial charge in [-0.05, 0) is 56.7 Å². The summed E-state index contributed by atoms with van der Waals surface area (Å²) < 4.78 is 0. The molecule has 0 saturated carbocycles. The molecule has 0 saturated heterocycles. The van der Waals surface area contributed by atoms with Crippen molar-refractivity contribution >= 4 is 0 Å². The van der Waals surface area contributed by atoms with E-state index in [-0.39, 0.29) is 0 Å². The maximum absolute atomic E-state index is 3.19. The van der Waals surface area contributed by atoms with Crippen molar-refractivity contribution in [3.8, 4) is 0 Å². The number of nitrogens with one attached hydrogen (secondary N) is 1. The van der Waals surface area contributed by atoms with Crippen molar-refractivity contribution < 1.29 is 0 Å². The number of rotatable bonds is 8. The summed E-state index contributed by atoms with van der Waals surface area (Å²) in [6.45, 7) is 3.24. The van der Waals surface area contributed by atoms with Gasteiger partial charge in [0.05, 0.1) is 0 Å². The normalized spacial score (nSPS) is 11.0. The maximum Gasteiger partial charge on any atom is 0.0230 e. The maximum atomic E-state index is 3.19. The van der Waals surface area contributed by atoms with Gasteiger partial charge in [-0.2, -0.15) is 0 Å². The first-order valence-corrected chi connectivity index (χ1v) is 7.73. The molecule has 0 unspecified atom stereocenters. The lowest BCUT2D eigenvalue weighted by Gasteiger charge is -2.16. The van der Waals surface area contributed by atoms with Gasteiger partial charge in [-0.15, -0.1) is 0 Å². The fourth-order valence-electron chi connectivity index (χ4n) is 2.51. The van der Waals surface area contributed by atoms with Crippen LogP contribution < -0.4 is 5.32 Å². The molecule has 0 aliphatic carbocycles. The predicted molar refractivity (Wildman–Crippen MR) is 90.6 cm³/mol. The molecule has 2 nitrogen and oxygen atoms in total. The number of hydrogen-bond acceptors (Lipinski definition) is 2. The first-order chi connectivity index (χ1) is 10.3. The van der Waals surface area contributed by atoms with Crippen molar-refractivity contribution in [2.24, 2.45) is 0 Å². The van der Waals surface area contributed by atoms with Crippen LogP contribution in [0.25, 0.3) is 0 Å². The van der Waals surface area contributed by atoms with Crippen LogP contribution in [-0.4, -0.2) is 32.1 Å². The predicted octanol–water partition coefficient (Wildman–Crippen LogP) is 3.32. The van der Waals surface area contributed by atoms with Crippen LogP contribution in [0.3, 0.4) is 0 Å². The van der Waals surface area contributed by atoms with Gasteiger partial charge < -0.3 is 10.2 Å². The zero-order chi connectivity index (χ0) is 14.9. The first kappa shape index (κ1) is 15.7. The second-order valence-electron chi connectivity index (χ2n) is 5.67. The summed E-state index contributed by atoms with van der Waals surface area (Å²) in [6, 6.07) is 19.7. The Morgan fingerprint density at radius 3 is 2.14 bits per heavy atom. The molecule has 21 heavy (non-hydrogen) atoms. The second-order valence-corrected chi connectivity index (χ2v) is 5.67. The molecule has 112 valence electrons. The summed E-state index contributed by atoms with van der Waals surface area (Å²) in [5.41, 5.74) is 4.14. The minimum Gasteiger partial charge on any atom is -0.320 e. The third-order valence-corrected chi connectivity index (χ3v) is 3.69. The zero-order valence-corrected chi connectivity index (χ0v) is 13.2. The van der Waals surface area contributed by atoms with Gasteiger partial charge in [-0.3, -0.25) is 0 Å². The number of benzene rings is 2. The quantitative estimate of drug-likeness (QED) is 0.747. The van der Waals surface area contributed by atoms with E-state index >= 15 is 0 Å².